The van der Waals surface area contributed by atoms with E-state index in [4.69, 9.17) is 4.74 Å². The maximum Gasteiger partial charge on any atom is 0.305 e. The van der Waals surface area contributed by atoms with Crippen LogP contribution in [0.25, 0.3) is 0 Å². The molecule has 0 amide bonds. The number of esters is 1. The quantitative estimate of drug-likeness (QED) is 0.677. The Morgan fingerprint density at radius 1 is 1.20 bits per heavy atom. The summed E-state index contributed by atoms with van der Waals surface area (Å²) >= 11 is 0. The number of rotatable bonds is 4. The van der Waals surface area contributed by atoms with Crippen molar-refractivity contribution >= 4 is 11.8 Å². The number of ketones is 1. The second-order valence-corrected chi connectivity index (χ2v) is 11.4. The minimum absolute atomic E-state index is 0.0503. The third kappa shape index (κ3) is 3.26. The number of fused-ring (bicyclic) bond motifs is 5. The average molecular weight is 421 g/mol. The zero-order chi connectivity index (χ0) is 21.8. The van der Waals surface area contributed by atoms with Gasteiger partial charge in [-0.1, -0.05) is 20.8 Å². The van der Waals surface area contributed by atoms with Crippen molar-refractivity contribution < 1.29 is 24.5 Å². The number of ether oxygens (including phenoxy) is 1. The van der Waals surface area contributed by atoms with Crippen molar-refractivity contribution in [3.05, 3.63) is 0 Å². The predicted octanol–water partition coefficient (Wildman–Crippen LogP) is 3.75. The van der Waals surface area contributed by atoms with Gasteiger partial charge in [0.15, 0.2) is 0 Å². The van der Waals surface area contributed by atoms with Gasteiger partial charge in [0.1, 0.15) is 5.78 Å². The predicted molar refractivity (Wildman–Crippen MR) is 113 cm³/mol. The molecule has 4 saturated carbocycles. The summed E-state index contributed by atoms with van der Waals surface area (Å²) in [6.07, 6.45) is 6.15. The summed E-state index contributed by atoms with van der Waals surface area (Å²) in [5.41, 5.74) is -0.167. The van der Waals surface area contributed by atoms with E-state index in [0.29, 0.717) is 42.8 Å². The van der Waals surface area contributed by atoms with Crippen LogP contribution in [0.15, 0.2) is 0 Å². The largest absolute Gasteiger partial charge is 0.469 e. The van der Waals surface area contributed by atoms with Gasteiger partial charge in [0.05, 0.1) is 19.3 Å². The maximum atomic E-state index is 12.1. The van der Waals surface area contributed by atoms with Crippen LogP contribution in [0.2, 0.25) is 0 Å². The summed E-state index contributed by atoms with van der Waals surface area (Å²) in [5.74, 6) is 1.92. The average Bonchev–Trinajstić information content (AvgIpc) is 3.06. The van der Waals surface area contributed by atoms with Gasteiger partial charge in [-0.3, -0.25) is 9.59 Å². The monoisotopic (exact) mass is 420 g/mol. The Morgan fingerprint density at radius 2 is 1.93 bits per heavy atom. The van der Waals surface area contributed by atoms with E-state index in [1.165, 1.54) is 7.11 Å². The van der Waals surface area contributed by atoms with E-state index >= 15 is 0 Å². The molecule has 4 rings (SSSR count). The molecule has 30 heavy (non-hydrogen) atoms. The number of hydrogen-bond donors (Lipinski definition) is 2. The lowest BCUT2D eigenvalue weighted by molar-refractivity contribution is -0.201. The number of hydrogen-bond acceptors (Lipinski definition) is 5. The highest BCUT2D eigenvalue weighted by molar-refractivity contribution is 5.79. The van der Waals surface area contributed by atoms with Crippen LogP contribution in [0, 0.1) is 46.3 Å². The fraction of sp³-hybridized carbons (Fsp3) is 0.920. The molecule has 4 fully saturated rings. The molecule has 1 unspecified atom stereocenters. The Bertz CT molecular complexity index is 691. The number of aliphatic hydroxyl groups excluding tert-OH is 2. The number of aliphatic hydroxyl groups is 2. The highest BCUT2D eigenvalue weighted by Crippen LogP contribution is 2.68. The van der Waals surface area contributed by atoms with Gasteiger partial charge in [-0.25, -0.2) is 0 Å². The van der Waals surface area contributed by atoms with Crippen LogP contribution >= 0.6 is 0 Å². The zero-order valence-electron chi connectivity index (χ0n) is 19.1. The van der Waals surface area contributed by atoms with Crippen molar-refractivity contribution in [3.63, 3.8) is 0 Å². The zero-order valence-corrected chi connectivity index (χ0v) is 19.1. The Kier molecular flexibility index (Phi) is 5.85. The van der Waals surface area contributed by atoms with Gasteiger partial charge in [0, 0.05) is 19.3 Å². The van der Waals surface area contributed by atoms with E-state index in [1.807, 2.05) is 0 Å². The molecule has 0 bridgehead atoms. The van der Waals surface area contributed by atoms with Crippen LogP contribution in [-0.4, -0.2) is 41.3 Å². The van der Waals surface area contributed by atoms with Crippen LogP contribution in [0.1, 0.15) is 78.6 Å². The van der Waals surface area contributed by atoms with E-state index in [2.05, 4.69) is 20.8 Å². The van der Waals surface area contributed by atoms with E-state index in [1.54, 1.807) is 0 Å². The molecule has 5 heteroatoms. The van der Waals surface area contributed by atoms with Crippen molar-refractivity contribution in [1.82, 2.24) is 0 Å². The Labute approximate surface area is 180 Å². The number of Topliss-reactive ketones (excluding diaryl/α,β-unsaturated/α-hetero) is 1. The second kappa shape index (κ2) is 7.88. The van der Waals surface area contributed by atoms with Crippen molar-refractivity contribution in [2.24, 2.45) is 46.3 Å². The molecule has 0 spiro atoms. The lowest BCUT2D eigenvalue weighted by Gasteiger charge is -2.63. The van der Waals surface area contributed by atoms with E-state index in [0.717, 1.165) is 38.5 Å². The van der Waals surface area contributed by atoms with Crippen molar-refractivity contribution in [1.29, 1.82) is 0 Å². The smallest absolute Gasteiger partial charge is 0.305 e. The molecule has 5 nitrogen and oxygen atoms in total. The first-order chi connectivity index (χ1) is 14.1. The third-order valence-electron chi connectivity index (χ3n) is 10.4. The fourth-order valence-corrected chi connectivity index (χ4v) is 8.59. The number of methoxy groups -OCH3 is 1. The highest BCUT2D eigenvalue weighted by atomic mass is 16.5. The molecule has 0 aromatic rings. The van der Waals surface area contributed by atoms with Crippen molar-refractivity contribution in [2.75, 3.05) is 7.11 Å². The molecule has 0 aliphatic heterocycles. The Morgan fingerprint density at radius 3 is 2.63 bits per heavy atom. The van der Waals surface area contributed by atoms with E-state index in [9.17, 15) is 19.8 Å². The maximum absolute atomic E-state index is 12.1. The molecule has 4 aliphatic carbocycles. The summed E-state index contributed by atoms with van der Waals surface area (Å²) in [6, 6.07) is 0. The van der Waals surface area contributed by atoms with Crippen LogP contribution in [0.4, 0.5) is 0 Å². The summed E-state index contributed by atoms with van der Waals surface area (Å²) in [4.78, 5) is 23.8. The van der Waals surface area contributed by atoms with Crippen molar-refractivity contribution in [2.45, 2.75) is 90.8 Å². The van der Waals surface area contributed by atoms with Gasteiger partial charge in [-0.05, 0) is 84.9 Å². The topological polar surface area (TPSA) is 83.8 Å². The second-order valence-electron chi connectivity index (χ2n) is 11.4. The molecule has 10 atom stereocenters. The van der Waals surface area contributed by atoms with Crippen LogP contribution in [-0.2, 0) is 14.3 Å². The molecule has 0 radical (unpaired) electrons. The van der Waals surface area contributed by atoms with Crippen LogP contribution in [0.3, 0.4) is 0 Å². The first-order valence-electron chi connectivity index (χ1n) is 12.1. The first-order valence-corrected chi connectivity index (χ1v) is 12.1. The summed E-state index contributed by atoms with van der Waals surface area (Å²) in [6.45, 7) is 6.78. The van der Waals surface area contributed by atoms with Crippen LogP contribution < -0.4 is 0 Å². The van der Waals surface area contributed by atoms with Gasteiger partial charge in [0.25, 0.3) is 0 Å². The van der Waals surface area contributed by atoms with Gasteiger partial charge >= 0.3 is 5.97 Å². The molecule has 4 aliphatic rings. The van der Waals surface area contributed by atoms with E-state index in [-0.39, 0.29) is 40.7 Å². The number of carbonyl (C=O) groups excluding carboxylic acids is 2. The molecule has 0 aromatic heterocycles. The van der Waals surface area contributed by atoms with Crippen LogP contribution in [0.5, 0.6) is 0 Å². The SMILES string of the molecule is COC(=O)CCC(C)[C@H]1CC[C@H]2[C@@H]3[C@H](O)C[C@@H]4CC(=O)CC[C@]4(C)[C@H]3C[C@H](O)[C@]12C. The Balaban J connectivity index is 1.58. The molecule has 0 heterocycles. The third-order valence-corrected chi connectivity index (χ3v) is 10.4. The molecule has 170 valence electrons. The summed E-state index contributed by atoms with van der Waals surface area (Å²) < 4.78 is 4.82. The molecular formula is C25H40O5. The standard InChI is InChI=1S/C25H40O5/c1-14(5-8-22(29)30-4)17-6-7-18-23-19(13-21(28)25(17,18)3)24(2)10-9-16(26)11-15(24)12-20(23)27/h14-15,17-21,23,27-28H,5-13H2,1-4H3/t14?,15-,17+,18-,19-,20+,21-,23-,24-,25+/m0/s1. The molecular weight excluding hydrogens is 380 g/mol. The molecule has 0 aromatic carbocycles. The molecule has 2 N–H and O–H groups in total. The molecule has 0 saturated heterocycles. The van der Waals surface area contributed by atoms with Gasteiger partial charge < -0.3 is 14.9 Å². The lowest BCUT2D eigenvalue weighted by atomic mass is 9.43. The first kappa shape index (κ1) is 22.3. The van der Waals surface area contributed by atoms with Gasteiger partial charge in [-0.15, -0.1) is 0 Å². The van der Waals surface area contributed by atoms with E-state index < -0.39 is 6.10 Å². The van der Waals surface area contributed by atoms with Crippen molar-refractivity contribution in [3.8, 4) is 0 Å². The fourth-order valence-electron chi connectivity index (χ4n) is 8.59. The van der Waals surface area contributed by atoms with Gasteiger partial charge in [-0.2, -0.15) is 0 Å². The highest BCUT2D eigenvalue weighted by Gasteiger charge is 2.65. The van der Waals surface area contributed by atoms with Gasteiger partial charge in [0.2, 0.25) is 0 Å². The summed E-state index contributed by atoms with van der Waals surface area (Å²) in [5, 5.41) is 22.8. The number of carbonyl (C=O) groups is 2. The Hall–Kier alpha value is -0.940. The summed E-state index contributed by atoms with van der Waals surface area (Å²) in [7, 11) is 1.43. The minimum Gasteiger partial charge on any atom is -0.469 e. The minimum atomic E-state index is -0.391. The normalized spacial score (nSPS) is 49.0. The lowest BCUT2D eigenvalue weighted by Crippen LogP contribution is -2.62.